The Labute approximate surface area is 121 Å². The van der Waals surface area contributed by atoms with Crippen LogP contribution in [-0.2, 0) is 9.59 Å². The second kappa shape index (κ2) is 10.9. The van der Waals surface area contributed by atoms with E-state index in [0.717, 1.165) is 5.56 Å². The Morgan fingerprint density at radius 2 is 1.80 bits per heavy atom. The highest BCUT2D eigenvalue weighted by atomic mass is 16.2. The van der Waals surface area contributed by atoms with Gasteiger partial charge in [0.25, 0.3) is 0 Å². The number of unbranched alkanes of at least 4 members (excludes halogenated alkanes) is 1. The smallest absolute Gasteiger partial charge is 0.240 e. The van der Waals surface area contributed by atoms with Crippen molar-refractivity contribution in [1.82, 2.24) is 0 Å². The number of hydrogen-bond acceptors (Lipinski definition) is 3. The zero-order chi connectivity index (χ0) is 15.4. The Morgan fingerprint density at radius 1 is 1.25 bits per heavy atom. The minimum atomic E-state index is -0.533. The fourth-order valence-electron chi connectivity index (χ4n) is 1.08. The third-order valence-corrected chi connectivity index (χ3v) is 2.46. The van der Waals surface area contributed by atoms with Gasteiger partial charge in [-0.2, -0.15) is 0 Å². The van der Waals surface area contributed by atoms with E-state index >= 15 is 0 Å². The lowest BCUT2D eigenvalue weighted by atomic mass is 10.2. The number of carbonyl (C=O) groups excluding carboxylic acids is 2. The van der Waals surface area contributed by atoms with Gasteiger partial charge in [0, 0.05) is 5.69 Å². The average molecular weight is 276 g/mol. The lowest BCUT2D eigenvalue weighted by Crippen LogP contribution is -2.32. The average Bonchev–Trinajstić information content (AvgIpc) is 2.46. The van der Waals surface area contributed by atoms with Crippen molar-refractivity contribution in [3.63, 3.8) is 0 Å². The van der Waals surface area contributed by atoms with Crippen molar-refractivity contribution in [2.24, 2.45) is 5.73 Å². The molecule has 0 radical (unpaired) electrons. The summed E-state index contributed by atoms with van der Waals surface area (Å²) in [5.41, 5.74) is 7.00. The fraction of sp³-hybridized carbons (Fsp3) is 0.375. The summed E-state index contributed by atoms with van der Waals surface area (Å²) in [7, 11) is 0. The molecule has 0 aliphatic rings. The van der Waals surface area contributed by atoms with Crippen molar-refractivity contribution in [3.8, 4) is 0 Å². The van der Waals surface area contributed by atoms with Gasteiger partial charge in [-0.3, -0.25) is 9.59 Å². The van der Waals surface area contributed by atoms with Crippen molar-refractivity contribution in [3.05, 3.63) is 35.9 Å². The molecule has 1 aromatic carbocycles. The molecule has 20 heavy (non-hydrogen) atoms. The van der Waals surface area contributed by atoms with Crippen LogP contribution in [0.1, 0.15) is 39.2 Å². The van der Waals surface area contributed by atoms with Gasteiger partial charge in [-0.05, 0) is 30.7 Å². The van der Waals surface area contributed by atoms with Crippen molar-refractivity contribution in [1.29, 1.82) is 0 Å². The zero-order valence-corrected chi connectivity index (χ0v) is 12.4. The fourth-order valence-corrected chi connectivity index (χ4v) is 1.08. The molecule has 3 N–H and O–H groups in total. The van der Waals surface area contributed by atoms with E-state index in [1.165, 1.54) is 18.9 Å². The van der Waals surface area contributed by atoms with Crippen molar-refractivity contribution in [2.45, 2.75) is 39.7 Å². The van der Waals surface area contributed by atoms with Crippen LogP contribution in [-0.4, -0.2) is 18.2 Å². The molecule has 0 heterocycles. The molecule has 0 aliphatic heterocycles. The summed E-state index contributed by atoms with van der Waals surface area (Å²) in [6.45, 7) is 5.98. The number of allylic oxidation sites excluding steroid dienone is 1. The van der Waals surface area contributed by atoms with E-state index in [4.69, 9.17) is 5.73 Å². The summed E-state index contributed by atoms with van der Waals surface area (Å²) in [6, 6.07) is 6.58. The summed E-state index contributed by atoms with van der Waals surface area (Å²) < 4.78 is 0. The number of benzene rings is 1. The predicted octanol–water partition coefficient (Wildman–Crippen LogP) is 2.99. The molecule has 1 amide bonds. The molecule has 4 heteroatoms. The highest BCUT2D eigenvalue weighted by Gasteiger charge is 2.06. The van der Waals surface area contributed by atoms with Gasteiger partial charge in [0.2, 0.25) is 5.91 Å². The van der Waals surface area contributed by atoms with Crippen LogP contribution in [0.4, 0.5) is 5.69 Å². The quantitative estimate of drug-likeness (QED) is 0.641. The van der Waals surface area contributed by atoms with Crippen molar-refractivity contribution in [2.75, 3.05) is 5.32 Å². The van der Waals surface area contributed by atoms with Gasteiger partial charge < -0.3 is 11.1 Å². The number of amides is 1. The second-order valence-corrected chi connectivity index (χ2v) is 4.40. The van der Waals surface area contributed by atoms with E-state index < -0.39 is 6.04 Å². The van der Waals surface area contributed by atoms with Crippen LogP contribution in [0.25, 0.3) is 6.08 Å². The molecule has 110 valence electrons. The molecule has 0 saturated heterocycles. The number of nitrogens with two attached hydrogens (primary N) is 1. The number of nitrogens with one attached hydrogen (secondary N) is 1. The number of rotatable bonds is 5. The normalized spacial score (nSPS) is 11.4. The summed E-state index contributed by atoms with van der Waals surface area (Å²) in [5, 5.41) is 2.67. The summed E-state index contributed by atoms with van der Waals surface area (Å²) in [5.74, 6) is -0.226. The maximum absolute atomic E-state index is 11.3. The second-order valence-electron chi connectivity index (χ2n) is 4.40. The van der Waals surface area contributed by atoms with E-state index in [9.17, 15) is 9.59 Å². The van der Waals surface area contributed by atoms with Crippen LogP contribution < -0.4 is 11.1 Å². The molecule has 4 nitrogen and oxygen atoms in total. The Kier molecular flexibility index (Phi) is 9.87. The van der Waals surface area contributed by atoms with Gasteiger partial charge in [0.1, 0.15) is 6.29 Å². The van der Waals surface area contributed by atoms with Crippen LogP contribution >= 0.6 is 0 Å². The Balaban J connectivity index is 0.000000796. The molecule has 0 spiro atoms. The third-order valence-electron chi connectivity index (χ3n) is 2.46. The SMILES string of the molecule is CC(N)C(=O)Nc1ccc(/C=C/C=O)cc1.CCCC. The largest absolute Gasteiger partial charge is 0.325 e. The standard InChI is InChI=1S/C12H14N2O2.C4H10/c1-9(13)12(16)14-11-6-4-10(5-7-11)3-2-8-15;1-3-4-2/h2-9H,13H2,1H3,(H,14,16);3-4H2,1-2H3/b3-2+;. The molecular weight excluding hydrogens is 252 g/mol. The minimum absolute atomic E-state index is 0.226. The first-order valence-corrected chi connectivity index (χ1v) is 6.83. The summed E-state index contributed by atoms with van der Waals surface area (Å²) in [6.07, 6.45) is 6.45. The Hall–Kier alpha value is -1.94. The van der Waals surface area contributed by atoms with E-state index in [-0.39, 0.29) is 5.91 Å². The molecule has 1 aromatic rings. The van der Waals surface area contributed by atoms with Crippen LogP contribution in [0.5, 0.6) is 0 Å². The molecule has 1 atom stereocenters. The number of aldehydes is 1. The van der Waals surface area contributed by atoms with Crippen molar-refractivity contribution < 1.29 is 9.59 Å². The molecule has 0 fully saturated rings. The van der Waals surface area contributed by atoms with Gasteiger partial charge >= 0.3 is 0 Å². The van der Waals surface area contributed by atoms with Crippen LogP contribution in [0, 0.1) is 0 Å². The van der Waals surface area contributed by atoms with Gasteiger partial charge in [0.05, 0.1) is 6.04 Å². The molecule has 0 saturated carbocycles. The van der Waals surface area contributed by atoms with Crippen molar-refractivity contribution >= 4 is 24.0 Å². The molecule has 0 aliphatic carbocycles. The highest BCUT2D eigenvalue weighted by molar-refractivity contribution is 5.94. The lowest BCUT2D eigenvalue weighted by Gasteiger charge is -2.07. The molecule has 1 rings (SSSR count). The van der Waals surface area contributed by atoms with Crippen LogP contribution in [0.15, 0.2) is 30.3 Å². The molecule has 0 aromatic heterocycles. The molecule has 0 bridgehead atoms. The van der Waals surface area contributed by atoms with E-state index in [1.807, 2.05) is 0 Å². The highest BCUT2D eigenvalue weighted by Crippen LogP contribution is 2.10. The summed E-state index contributed by atoms with van der Waals surface area (Å²) in [4.78, 5) is 21.4. The topological polar surface area (TPSA) is 72.2 Å². The lowest BCUT2D eigenvalue weighted by molar-refractivity contribution is -0.117. The van der Waals surface area contributed by atoms with Gasteiger partial charge in [-0.15, -0.1) is 0 Å². The van der Waals surface area contributed by atoms with Gasteiger partial charge in [0.15, 0.2) is 0 Å². The first kappa shape index (κ1) is 18.1. The number of anilines is 1. The monoisotopic (exact) mass is 276 g/mol. The number of carbonyl (C=O) groups is 2. The zero-order valence-electron chi connectivity index (χ0n) is 12.4. The van der Waals surface area contributed by atoms with Crippen LogP contribution in [0.3, 0.4) is 0 Å². The van der Waals surface area contributed by atoms with Crippen LogP contribution in [0.2, 0.25) is 0 Å². The first-order valence-electron chi connectivity index (χ1n) is 6.83. The van der Waals surface area contributed by atoms with E-state index in [2.05, 4.69) is 19.2 Å². The predicted molar refractivity (Wildman–Crippen MR) is 84.4 cm³/mol. The first-order chi connectivity index (χ1) is 9.54. The Morgan fingerprint density at radius 3 is 2.20 bits per heavy atom. The minimum Gasteiger partial charge on any atom is -0.325 e. The number of hydrogen-bond donors (Lipinski definition) is 2. The molecule has 1 unspecified atom stereocenters. The Bertz CT molecular complexity index is 421. The molecular formula is C16H24N2O2. The van der Waals surface area contributed by atoms with Gasteiger partial charge in [-0.25, -0.2) is 0 Å². The van der Waals surface area contributed by atoms with E-state index in [1.54, 1.807) is 37.3 Å². The maximum atomic E-state index is 11.3. The maximum Gasteiger partial charge on any atom is 0.240 e. The third kappa shape index (κ3) is 8.21. The summed E-state index contributed by atoms with van der Waals surface area (Å²) >= 11 is 0. The van der Waals surface area contributed by atoms with E-state index in [0.29, 0.717) is 12.0 Å². The van der Waals surface area contributed by atoms with Gasteiger partial charge in [-0.1, -0.05) is 44.9 Å².